The Morgan fingerprint density at radius 2 is 1.92 bits per heavy atom. The molecule has 2 N–H and O–H groups in total. The van der Waals surface area contributed by atoms with Gasteiger partial charge in [0.15, 0.2) is 5.96 Å². The molecule has 1 aliphatic carbocycles. The Morgan fingerprint density at radius 1 is 1.25 bits per heavy atom. The molecule has 1 fully saturated rings. The third-order valence-electron chi connectivity index (χ3n) is 4.44. The third-order valence-corrected chi connectivity index (χ3v) is 4.44. The summed E-state index contributed by atoms with van der Waals surface area (Å²) in [5.41, 5.74) is 1.15. The predicted octanol–water partition coefficient (Wildman–Crippen LogP) is 3.68. The van der Waals surface area contributed by atoms with E-state index in [-0.39, 0.29) is 42.7 Å². The number of aliphatic imine (C=N–C) groups is 1. The standard InChI is InChI=1S/C16H25F3N4.HI/c1-20-15(22-10-13-7-8-23(2)11-13)21-9-12-3-5-14(6-4-12)16(17,18)19;/h7-8,11-12,14H,3-6,9-10H2,1-2H3,(H2,20,21,22);1H. The van der Waals surface area contributed by atoms with Crippen molar-refractivity contribution in [1.82, 2.24) is 15.2 Å². The summed E-state index contributed by atoms with van der Waals surface area (Å²) in [7, 11) is 3.66. The highest BCUT2D eigenvalue weighted by Crippen LogP contribution is 2.39. The van der Waals surface area contributed by atoms with Gasteiger partial charge in [0, 0.05) is 39.6 Å². The zero-order chi connectivity index (χ0) is 16.9. The summed E-state index contributed by atoms with van der Waals surface area (Å²) in [4.78, 5) is 4.16. The van der Waals surface area contributed by atoms with Gasteiger partial charge in [0.1, 0.15) is 0 Å². The molecule has 1 aromatic rings. The summed E-state index contributed by atoms with van der Waals surface area (Å²) in [6.07, 6.45) is 1.69. The second kappa shape index (κ2) is 9.53. The molecular formula is C16H26F3IN4. The SMILES string of the molecule is CN=C(NCc1ccn(C)c1)NCC1CCC(C(F)(F)F)CC1.I. The number of nitrogens with one attached hydrogen (secondary N) is 2. The summed E-state index contributed by atoms with van der Waals surface area (Å²) >= 11 is 0. The van der Waals surface area contributed by atoms with E-state index in [0.717, 1.165) is 5.56 Å². The van der Waals surface area contributed by atoms with Crippen molar-refractivity contribution in [3.8, 4) is 0 Å². The average Bonchev–Trinajstić information content (AvgIpc) is 2.92. The van der Waals surface area contributed by atoms with Crippen LogP contribution in [-0.2, 0) is 13.6 Å². The van der Waals surface area contributed by atoms with Crippen LogP contribution in [0.2, 0.25) is 0 Å². The van der Waals surface area contributed by atoms with E-state index in [2.05, 4.69) is 15.6 Å². The van der Waals surface area contributed by atoms with Crippen LogP contribution in [-0.4, -0.2) is 30.3 Å². The highest BCUT2D eigenvalue weighted by atomic mass is 127. The van der Waals surface area contributed by atoms with Gasteiger partial charge in [-0.2, -0.15) is 13.2 Å². The molecule has 0 aliphatic heterocycles. The van der Waals surface area contributed by atoms with Crippen molar-refractivity contribution in [2.45, 2.75) is 38.4 Å². The fourth-order valence-electron chi connectivity index (χ4n) is 3.01. The molecular weight excluding hydrogens is 432 g/mol. The van der Waals surface area contributed by atoms with Gasteiger partial charge >= 0.3 is 6.18 Å². The normalized spacial score (nSPS) is 22.0. The summed E-state index contributed by atoms with van der Waals surface area (Å²) in [6, 6.07) is 2.03. The van der Waals surface area contributed by atoms with Crippen molar-refractivity contribution in [1.29, 1.82) is 0 Å². The van der Waals surface area contributed by atoms with E-state index >= 15 is 0 Å². The number of aromatic nitrogens is 1. The molecule has 0 spiro atoms. The molecule has 1 aliphatic rings. The van der Waals surface area contributed by atoms with E-state index in [4.69, 9.17) is 0 Å². The molecule has 0 bridgehead atoms. The second-order valence-corrected chi connectivity index (χ2v) is 6.25. The first kappa shape index (κ1) is 21.1. The van der Waals surface area contributed by atoms with Crippen molar-refractivity contribution in [3.05, 3.63) is 24.0 Å². The molecule has 0 unspecified atom stereocenters. The number of alkyl halides is 3. The molecule has 1 heterocycles. The molecule has 0 radical (unpaired) electrons. The molecule has 8 heteroatoms. The Labute approximate surface area is 158 Å². The van der Waals surface area contributed by atoms with E-state index < -0.39 is 12.1 Å². The fourth-order valence-corrected chi connectivity index (χ4v) is 3.01. The number of guanidine groups is 1. The van der Waals surface area contributed by atoms with Gasteiger partial charge in [-0.25, -0.2) is 0 Å². The molecule has 0 amide bonds. The Bertz CT molecular complexity index is 520. The lowest BCUT2D eigenvalue weighted by atomic mass is 9.81. The highest BCUT2D eigenvalue weighted by Gasteiger charge is 2.41. The Hall–Kier alpha value is -0.930. The predicted molar refractivity (Wildman–Crippen MR) is 101 cm³/mol. The number of aryl methyl sites for hydroxylation is 1. The van der Waals surface area contributed by atoms with Crippen LogP contribution in [0.1, 0.15) is 31.2 Å². The maximum atomic E-state index is 12.7. The van der Waals surface area contributed by atoms with Crippen molar-refractivity contribution in [3.63, 3.8) is 0 Å². The van der Waals surface area contributed by atoms with Crippen LogP contribution < -0.4 is 10.6 Å². The van der Waals surface area contributed by atoms with E-state index in [9.17, 15) is 13.2 Å². The first-order valence-corrected chi connectivity index (χ1v) is 8.00. The van der Waals surface area contributed by atoms with Gasteiger partial charge < -0.3 is 15.2 Å². The van der Waals surface area contributed by atoms with Crippen molar-refractivity contribution < 1.29 is 13.2 Å². The Balaban J connectivity index is 0.00000288. The minimum atomic E-state index is -4.04. The molecule has 1 saturated carbocycles. The molecule has 0 atom stereocenters. The zero-order valence-electron chi connectivity index (χ0n) is 14.1. The topological polar surface area (TPSA) is 41.4 Å². The Morgan fingerprint density at radius 3 is 2.42 bits per heavy atom. The number of nitrogens with zero attached hydrogens (tertiary/aromatic N) is 2. The molecule has 0 saturated heterocycles. The van der Waals surface area contributed by atoms with Crippen LogP contribution in [0.15, 0.2) is 23.5 Å². The third kappa shape index (κ3) is 6.52. The molecule has 2 rings (SSSR count). The zero-order valence-corrected chi connectivity index (χ0v) is 16.4. The molecule has 0 aromatic carbocycles. The quantitative estimate of drug-likeness (QED) is 0.411. The average molecular weight is 458 g/mol. The number of hydrogen-bond acceptors (Lipinski definition) is 1. The minimum Gasteiger partial charge on any atom is -0.357 e. The number of rotatable bonds is 4. The van der Waals surface area contributed by atoms with Crippen LogP contribution in [0.5, 0.6) is 0 Å². The summed E-state index contributed by atoms with van der Waals surface area (Å²) < 4.78 is 39.9. The van der Waals surface area contributed by atoms with Gasteiger partial charge in [0.25, 0.3) is 0 Å². The van der Waals surface area contributed by atoms with E-state index in [1.165, 1.54) is 0 Å². The van der Waals surface area contributed by atoms with Crippen LogP contribution in [0.25, 0.3) is 0 Å². The molecule has 24 heavy (non-hydrogen) atoms. The number of halogens is 4. The van der Waals surface area contributed by atoms with Gasteiger partial charge in [0.2, 0.25) is 0 Å². The van der Waals surface area contributed by atoms with Crippen LogP contribution in [0.4, 0.5) is 13.2 Å². The summed E-state index contributed by atoms with van der Waals surface area (Å²) in [5, 5.41) is 6.44. The lowest BCUT2D eigenvalue weighted by Crippen LogP contribution is -2.40. The molecule has 4 nitrogen and oxygen atoms in total. The fraction of sp³-hybridized carbons (Fsp3) is 0.688. The van der Waals surface area contributed by atoms with Crippen molar-refractivity contribution in [2.75, 3.05) is 13.6 Å². The highest BCUT2D eigenvalue weighted by molar-refractivity contribution is 14.0. The molecule has 138 valence electrons. The maximum absolute atomic E-state index is 12.7. The summed E-state index contributed by atoms with van der Waals surface area (Å²) in [6.45, 7) is 1.33. The second-order valence-electron chi connectivity index (χ2n) is 6.25. The van der Waals surface area contributed by atoms with E-state index in [1.54, 1.807) is 7.05 Å². The van der Waals surface area contributed by atoms with Gasteiger partial charge in [-0.1, -0.05) is 0 Å². The smallest absolute Gasteiger partial charge is 0.357 e. The molecule has 1 aromatic heterocycles. The van der Waals surface area contributed by atoms with Gasteiger partial charge in [0.05, 0.1) is 5.92 Å². The lowest BCUT2D eigenvalue weighted by molar-refractivity contribution is -0.183. The van der Waals surface area contributed by atoms with Crippen LogP contribution in [0, 0.1) is 11.8 Å². The Kier molecular flexibility index (Phi) is 8.38. The first-order valence-electron chi connectivity index (χ1n) is 8.00. The first-order chi connectivity index (χ1) is 10.9. The van der Waals surface area contributed by atoms with E-state index in [1.807, 2.05) is 30.1 Å². The van der Waals surface area contributed by atoms with Crippen LogP contribution >= 0.6 is 24.0 Å². The van der Waals surface area contributed by atoms with Gasteiger partial charge in [-0.05, 0) is 43.2 Å². The lowest BCUT2D eigenvalue weighted by Gasteiger charge is -2.30. The van der Waals surface area contributed by atoms with Crippen molar-refractivity contribution in [2.24, 2.45) is 23.9 Å². The largest absolute Gasteiger partial charge is 0.391 e. The maximum Gasteiger partial charge on any atom is 0.391 e. The number of hydrogen-bond donors (Lipinski definition) is 2. The monoisotopic (exact) mass is 458 g/mol. The van der Waals surface area contributed by atoms with Crippen molar-refractivity contribution >= 4 is 29.9 Å². The minimum absolute atomic E-state index is 0. The van der Waals surface area contributed by atoms with E-state index in [0.29, 0.717) is 31.9 Å². The van der Waals surface area contributed by atoms with Crippen LogP contribution in [0.3, 0.4) is 0 Å². The van der Waals surface area contributed by atoms with Gasteiger partial charge in [-0.15, -0.1) is 24.0 Å². The van der Waals surface area contributed by atoms with Gasteiger partial charge in [-0.3, -0.25) is 4.99 Å². The summed E-state index contributed by atoms with van der Waals surface area (Å²) in [5.74, 6) is -0.148.